The molecule has 1 atom stereocenters. The number of aldehydes is 1. The number of fused-ring (bicyclic) bond motifs is 1. The zero-order valence-corrected chi connectivity index (χ0v) is 14.9. The molecule has 0 aliphatic carbocycles. The summed E-state index contributed by atoms with van der Waals surface area (Å²) in [5.41, 5.74) is 1.10. The molecule has 124 valence electrons. The van der Waals surface area contributed by atoms with E-state index in [0.717, 1.165) is 31.3 Å². The number of rotatable bonds is 10. The summed E-state index contributed by atoms with van der Waals surface area (Å²) in [5, 5.41) is 2.43. The molecule has 0 saturated carbocycles. The Kier molecular flexibility index (Phi) is 7.63. The van der Waals surface area contributed by atoms with Gasteiger partial charge in [-0.2, -0.15) is 0 Å². The summed E-state index contributed by atoms with van der Waals surface area (Å²) in [6.07, 6.45) is 5.47. The van der Waals surface area contributed by atoms with E-state index < -0.39 is 0 Å². The van der Waals surface area contributed by atoms with Gasteiger partial charge in [-0.05, 0) is 41.3 Å². The Morgan fingerprint density at radius 1 is 1.17 bits per heavy atom. The van der Waals surface area contributed by atoms with Crippen LogP contribution in [0.2, 0.25) is 0 Å². The van der Waals surface area contributed by atoms with Gasteiger partial charge in [0.15, 0.2) is 0 Å². The second-order valence-corrected chi connectivity index (χ2v) is 6.73. The molecule has 2 aromatic rings. The van der Waals surface area contributed by atoms with Crippen molar-refractivity contribution in [2.24, 2.45) is 0 Å². The number of unbranched alkanes of at least 4 members (excludes halogenated alkanes) is 2. The van der Waals surface area contributed by atoms with Crippen LogP contribution in [0.25, 0.3) is 10.8 Å². The topological polar surface area (TPSA) is 26.3 Å². The van der Waals surface area contributed by atoms with E-state index in [2.05, 4.69) is 43.3 Å². The van der Waals surface area contributed by atoms with Crippen LogP contribution in [0.5, 0.6) is 0 Å². The molecular formula is C20H26O2S. The number of benzene rings is 2. The summed E-state index contributed by atoms with van der Waals surface area (Å²) < 4.78 is 5.72. The van der Waals surface area contributed by atoms with Crippen molar-refractivity contribution in [3.8, 4) is 0 Å². The fourth-order valence-corrected chi connectivity index (χ4v) is 3.48. The van der Waals surface area contributed by atoms with Crippen LogP contribution in [0.15, 0.2) is 41.3 Å². The SMILES string of the molecule is CCCCCOCSc1cccc2ccc(C(C=O)CC)cc12. The minimum atomic E-state index is -0.0113. The molecule has 0 bridgehead atoms. The molecule has 0 aliphatic rings. The van der Waals surface area contributed by atoms with Gasteiger partial charge >= 0.3 is 0 Å². The van der Waals surface area contributed by atoms with Gasteiger partial charge in [-0.25, -0.2) is 0 Å². The van der Waals surface area contributed by atoms with Crippen LogP contribution in [-0.4, -0.2) is 18.8 Å². The lowest BCUT2D eigenvalue weighted by Gasteiger charge is -2.12. The lowest BCUT2D eigenvalue weighted by molar-refractivity contribution is -0.109. The summed E-state index contributed by atoms with van der Waals surface area (Å²) in [6.45, 7) is 5.08. The van der Waals surface area contributed by atoms with Gasteiger partial charge in [-0.3, -0.25) is 0 Å². The molecule has 1 unspecified atom stereocenters. The molecule has 3 heteroatoms. The summed E-state index contributed by atoms with van der Waals surface area (Å²) >= 11 is 1.73. The maximum atomic E-state index is 11.2. The third-order valence-corrected chi connectivity index (χ3v) is 5.04. The number of hydrogen-bond acceptors (Lipinski definition) is 3. The van der Waals surface area contributed by atoms with Gasteiger partial charge in [-0.1, -0.05) is 62.7 Å². The molecule has 0 N–H and O–H groups in total. The van der Waals surface area contributed by atoms with E-state index in [9.17, 15) is 4.79 Å². The Labute approximate surface area is 143 Å². The van der Waals surface area contributed by atoms with Crippen molar-refractivity contribution in [1.82, 2.24) is 0 Å². The molecule has 0 fully saturated rings. The molecule has 2 rings (SSSR count). The van der Waals surface area contributed by atoms with Gasteiger partial charge in [0.05, 0.1) is 5.94 Å². The van der Waals surface area contributed by atoms with Crippen LogP contribution in [0.4, 0.5) is 0 Å². The number of ether oxygens (including phenoxy) is 1. The standard InChI is InChI=1S/C20H26O2S/c1-3-5-6-12-22-15-23-20-9-7-8-17-10-11-18(13-19(17)20)16(4-2)14-21/h7-11,13-14,16H,3-6,12,15H2,1-2H3. The van der Waals surface area contributed by atoms with Crippen LogP contribution in [0.1, 0.15) is 51.0 Å². The van der Waals surface area contributed by atoms with E-state index >= 15 is 0 Å². The Balaban J connectivity index is 2.09. The van der Waals surface area contributed by atoms with Crippen LogP contribution in [0.3, 0.4) is 0 Å². The fourth-order valence-electron chi connectivity index (χ4n) is 2.65. The van der Waals surface area contributed by atoms with Crippen LogP contribution in [0, 0.1) is 0 Å². The predicted octanol–water partition coefficient (Wildman–Crippen LogP) is 5.79. The first-order valence-corrected chi connectivity index (χ1v) is 9.47. The zero-order valence-electron chi connectivity index (χ0n) is 14.1. The minimum Gasteiger partial charge on any atom is -0.370 e. The van der Waals surface area contributed by atoms with E-state index in [1.807, 2.05) is 6.92 Å². The molecule has 23 heavy (non-hydrogen) atoms. The van der Waals surface area contributed by atoms with E-state index in [1.54, 1.807) is 11.8 Å². The van der Waals surface area contributed by atoms with Crippen molar-refractivity contribution >= 4 is 28.8 Å². The highest BCUT2D eigenvalue weighted by Crippen LogP contribution is 2.31. The van der Waals surface area contributed by atoms with E-state index in [4.69, 9.17) is 4.74 Å². The first kappa shape index (κ1) is 18.0. The first-order valence-electron chi connectivity index (χ1n) is 8.48. The smallest absolute Gasteiger partial charge is 0.127 e. The molecule has 0 heterocycles. The highest BCUT2D eigenvalue weighted by atomic mass is 32.2. The molecule has 0 spiro atoms. The Morgan fingerprint density at radius 3 is 2.78 bits per heavy atom. The summed E-state index contributed by atoms with van der Waals surface area (Å²) in [7, 11) is 0. The van der Waals surface area contributed by atoms with Gasteiger partial charge in [0.25, 0.3) is 0 Å². The Hall–Kier alpha value is -1.32. The van der Waals surface area contributed by atoms with Crippen LogP contribution >= 0.6 is 11.8 Å². The molecule has 2 aromatic carbocycles. The van der Waals surface area contributed by atoms with Gasteiger partial charge in [-0.15, -0.1) is 0 Å². The lowest BCUT2D eigenvalue weighted by Crippen LogP contribution is -1.98. The number of hydrogen-bond donors (Lipinski definition) is 0. The normalized spacial score (nSPS) is 12.4. The summed E-state index contributed by atoms with van der Waals surface area (Å²) in [6, 6.07) is 12.7. The fraction of sp³-hybridized carbons (Fsp3) is 0.450. The number of carbonyl (C=O) groups is 1. The molecular weight excluding hydrogens is 304 g/mol. The van der Waals surface area contributed by atoms with Gasteiger partial charge in [0, 0.05) is 17.4 Å². The third kappa shape index (κ3) is 5.08. The third-order valence-electron chi connectivity index (χ3n) is 4.09. The molecule has 0 saturated heterocycles. The van der Waals surface area contributed by atoms with Gasteiger partial charge in [0.2, 0.25) is 0 Å². The highest BCUT2D eigenvalue weighted by molar-refractivity contribution is 7.99. The average molecular weight is 330 g/mol. The largest absolute Gasteiger partial charge is 0.370 e. The van der Waals surface area contributed by atoms with Gasteiger partial charge < -0.3 is 9.53 Å². The van der Waals surface area contributed by atoms with Crippen molar-refractivity contribution in [2.45, 2.75) is 50.3 Å². The van der Waals surface area contributed by atoms with Crippen molar-refractivity contribution in [1.29, 1.82) is 0 Å². The Bertz CT molecular complexity index is 624. The highest BCUT2D eigenvalue weighted by Gasteiger charge is 2.10. The first-order chi connectivity index (χ1) is 11.3. The van der Waals surface area contributed by atoms with Crippen LogP contribution < -0.4 is 0 Å². The summed E-state index contributed by atoms with van der Waals surface area (Å²) in [5.74, 6) is 0.667. The summed E-state index contributed by atoms with van der Waals surface area (Å²) in [4.78, 5) is 12.5. The monoisotopic (exact) mass is 330 g/mol. The van der Waals surface area contributed by atoms with Crippen molar-refractivity contribution in [3.05, 3.63) is 42.0 Å². The van der Waals surface area contributed by atoms with Crippen LogP contribution in [-0.2, 0) is 9.53 Å². The quantitative estimate of drug-likeness (QED) is 0.239. The Morgan fingerprint density at radius 2 is 2.04 bits per heavy atom. The van der Waals surface area contributed by atoms with Crippen molar-refractivity contribution < 1.29 is 9.53 Å². The average Bonchev–Trinajstić information content (AvgIpc) is 2.59. The maximum Gasteiger partial charge on any atom is 0.127 e. The zero-order chi connectivity index (χ0) is 16.5. The number of thioether (sulfide) groups is 1. The number of carbonyl (C=O) groups excluding carboxylic acids is 1. The van der Waals surface area contributed by atoms with Gasteiger partial charge in [0.1, 0.15) is 6.29 Å². The predicted molar refractivity (Wildman–Crippen MR) is 99.2 cm³/mol. The van der Waals surface area contributed by atoms with Crippen molar-refractivity contribution in [2.75, 3.05) is 12.5 Å². The molecule has 2 nitrogen and oxygen atoms in total. The van der Waals surface area contributed by atoms with E-state index in [1.165, 1.54) is 28.5 Å². The van der Waals surface area contributed by atoms with Crippen molar-refractivity contribution in [3.63, 3.8) is 0 Å². The molecule has 0 amide bonds. The maximum absolute atomic E-state index is 11.2. The lowest BCUT2D eigenvalue weighted by atomic mass is 9.95. The van der Waals surface area contributed by atoms with E-state index in [0.29, 0.717) is 5.94 Å². The minimum absolute atomic E-state index is 0.0113. The second kappa shape index (κ2) is 9.74. The molecule has 0 radical (unpaired) electrons. The molecule has 0 aromatic heterocycles. The molecule has 0 aliphatic heterocycles. The van der Waals surface area contributed by atoms with E-state index in [-0.39, 0.29) is 5.92 Å². The second-order valence-electron chi connectivity index (χ2n) is 5.77.